The average molecular weight is 251 g/mol. The summed E-state index contributed by atoms with van der Waals surface area (Å²) in [6.07, 6.45) is -4.31. The van der Waals surface area contributed by atoms with Crippen LogP contribution in [0.4, 0.5) is 8.78 Å². The van der Waals surface area contributed by atoms with E-state index in [1.165, 1.54) is 0 Å². The van der Waals surface area contributed by atoms with Gasteiger partial charge in [-0.3, -0.25) is 0 Å². The lowest BCUT2D eigenvalue weighted by Crippen LogP contribution is -2.31. The maximum atomic E-state index is 12.1. The molecule has 2 nitrogen and oxygen atoms in total. The summed E-state index contributed by atoms with van der Waals surface area (Å²) >= 11 is 0. The molecular formula is C14H15F2NO. The number of aliphatic hydroxyl groups excluding tert-OH is 1. The standard InChI is InChI=1S/C14H15F2NO/c15-14(16)13(18)9-17-8-10-5-6-11-3-1-2-4-12(11)7-10/h1-7,13-14,17-18H,8-9H2. The van der Waals surface area contributed by atoms with Gasteiger partial charge in [0.15, 0.2) is 0 Å². The predicted molar refractivity (Wildman–Crippen MR) is 67.7 cm³/mol. The molecule has 0 saturated heterocycles. The smallest absolute Gasteiger partial charge is 0.265 e. The minimum atomic E-state index is -2.70. The van der Waals surface area contributed by atoms with E-state index < -0.39 is 12.5 Å². The Balaban J connectivity index is 1.96. The quantitative estimate of drug-likeness (QED) is 0.856. The lowest BCUT2D eigenvalue weighted by Gasteiger charge is -2.11. The number of alkyl halides is 2. The first-order valence-corrected chi connectivity index (χ1v) is 5.81. The molecule has 0 heterocycles. The normalized spacial score (nSPS) is 13.1. The Labute approximate surface area is 104 Å². The first kappa shape index (κ1) is 12.9. The summed E-state index contributed by atoms with van der Waals surface area (Å²) in [6.45, 7) is 0.360. The third-order valence-corrected chi connectivity index (χ3v) is 2.79. The molecule has 2 aromatic carbocycles. The monoisotopic (exact) mass is 251 g/mol. The number of fused-ring (bicyclic) bond motifs is 1. The molecule has 2 rings (SSSR count). The maximum Gasteiger partial charge on any atom is 0.265 e. The van der Waals surface area contributed by atoms with E-state index in [1.54, 1.807) is 0 Å². The van der Waals surface area contributed by atoms with Gasteiger partial charge in [-0.2, -0.15) is 0 Å². The number of hydrogen-bond donors (Lipinski definition) is 2. The molecule has 96 valence electrons. The molecule has 0 aromatic heterocycles. The van der Waals surface area contributed by atoms with Crippen molar-refractivity contribution in [2.24, 2.45) is 0 Å². The van der Waals surface area contributed by atoms with Gasteiger partial charge in [0.25, 0.3) is 6.43 Å². The Morgan fingerprint density at radius 3 is 2.50 bits per heavy atom. The van der Waals surface area contributed by atoms with Crippen molar-refractivity contribution in [2.45, 2.75) is 19.1 Å². The molecule has 0 spiro atoms. The summed E-state index contributed by atoms with van der Waals surface area (Å²) in [4.78, 5) is 0. The van der Waals surface area contributed by atoms with Crippen LogP contribution in [0.1, 0.15) is 5.56 Å². The van der Waals surface area contributed by atoms with Crippen LogP contribution in [0.3, 0.4) is 0 Å². The van der Waals surface area contributed by atoms with E-state index in [9.17, 15) is 8.78 Å². The second-order valence-corrected chi connectivity index (χ2v) is 4.21. The minimum Gasteiger partial charge on any atom is -0.386 e. The first-order valence-electron chi connectivity index (χ1n) is 5.81. The Morgan fingerprint density at radius 2 is 1.78 bits per heavy atom. The number of nitrogens with one attached hydrogen (secondary N) is 1. The number of halogens is 2. The number of aliphatic hydroxyl groups is 1. The zero-order valence-electron chi connectivity index (χ0n) is 9.81. The summed E-state index contributed by atoms with van der Waals surface area (Å²) in [5.74, 6) is 0. The van der Waals surface area contributed by atoms with Gasteiger partial charge < -0.3 is 10.4 Å². The van der Waals surface area contributed by atoms with Gasteiger partial charge in [0, 0.05) is 13.1 Å². The maximum absolute atomic E-state index is 12.1. The van der Waals surface area contributed by atoms with Crippen LogP contribution in [0.15, 0.2) is 42.5 Å². The number of benzene rings is 2. The highest BCUT2D eigenvalue weighted by atomic mass is 19.3. The summed E-state index contributed by atoms with van der Waals surface area (Å²) in [6, 6.07) is 13.9. The van der Waals surface area contributed by atoms with Crippen molar-refractivity contribution in [1.82, 2.24) is 5.32 Å². The second-order valence-electron chi connectivity index (χ2n) is 4.21. The van der Waals surface area contributed by atoms with Gasteiger partial charge in [0.1, 0.15) is 6.10 Å². The summed E-state index contributed by atoms with van der Waals surface area (Å²) in [5, 5.41) is 14.0. The lowest BCUT2D eigenvalue weighted by molar-refractivity contribution is -0.00340. The molecular weight excluding hydrogens is 236 g/mol. The molecule has 2 N–H and O–H groups in total. The van der Waals surface area contributed by atoms with Crippen molar-refractivity contribution in [2.75, 3.05) is 6.54 Å². The fraction of sp³-hybridized carbons (Fsp3) is 0.286. The van der Waals surface area contributed by atoms with Crippen molar-refractivity contribution < 1.29 is 13.9 Å². The van der Waals surface area contributed by atoms with E-state index in [0.29, 0.717) is 6.54 Å². The Bertz CT molecular complexity index is 516. The van der Waals surface area contributed by atoms with Crippen LogP contribution >= 0.6 is 0 Å². The van der Waals surface area contributed by atoms with Crippen molar-refractivity contribution in [1.29, 1.82) is 0 Å². The van der Waals surface area contributed by atoms with E-state index in [-0.39, 0.29) is 6.54 Å². The zero-order chi connectivity index (χ0) is 13.0. The molecule has 2 aromatic rings. The molecule has 18 heavy (non-hydrogen) atoms. The Kier molecular flexibility index (Phi) is 4.23. The molecule has 0 aliphatic heterocycles. The van der Waals surface area contributed by atoms with Crippen LogP contribution in [0.25, 0.3) is 10.8 Å². The van der Waals surface area contributed by atoms with Crippen LogP contribution in [0.2, 0.25) is 0 Å². The summed E-state index contributed by atoms with van der Waals surface area (Å²) in [7, 11) is 0. The van der Waals surface area contributed by atoms with Crippen LogP contribution < -0.4 is 5.32 Å². The van der Waals surface area contributed by atoms with Gasteiger partial charge in [-0.1, -0.05) is 36.4 Å². The van der Waals surface area contributed by atoms with Gasteiger partial charge >= 0.3 is 0 Å². The topological polar surface area (TPSA) is 32.3 Å². The molecule has 0 fully saturated rings. The highest BCUT2D eigenvalue weighted by Gasteiger charge is 2.15. The molecule has 0 bridgehead atoms. The Hall–Kier alpha value is -1.52. The average Bonchev–Trinajstić information content (AvgIpc) is 2.38. The van der Waals surface area contributed by atoms with Crippen molar-refractivity contribution in [3.63, 3.8) is 0 Å². The molecule has 1 unspecified atom stereocenters. The minimum absolute atomic E-state index is 0.107. The SMILES string of the molecule is OC(CNCc1ccc2ccccc2c1)C(F)F. The molecule has 0 aliphatic carbocycles. The summed E-state index contributed by atoms with van der Waals surface area (Å²) in [5.41, 5.74) is 1.01. The van der Waals surface area contributed by atoms with Crippen LogP contribution in [-0.4, -0.2) is 24.2 Å². The van der Waals surface area contributed by atoms with E-state index in [1.807, 2.05) is 42.5 Å². The number of rotatable bonds is 5. The molecule has 1 atom stereocenters. The third kappa shape index (κ3) is 3.24. The summed E-state index contributed by atoms with van der Waals surface area (Å²) < 4.78 is 24.1. The van der Waals surface area contributed by atoms with Crippen LogP contribution in [-0.2, 0) is 6.54 Å². The predicted octanol–water partition coefficient (Wildman–Crippen LogP) is 2.56. The highest BCUT2D eigenvalue weighted by Crippen LogP contribution is 2.15. The molecule has 0 radical (unpaired) electrons. The first-order chi connectivity index (χ1) is 8.66. The van der Waals surface area contributed by atoms with Gasteiger partial charge in [-0.05, 0) is 22.4 Å². The number of hydrogen-bond acceptors (Lipinski definition) is 2. The van der Waals surface area contributed by atoms with E-state index in [2.05, 4.69) is 5.32 Å². The Morgan fingerprint density at radius 1 is 1.06 bits per heavy atom. The lowest BCUT2D eigenvalue weighted by atomic mass is 10.1. The second kappa shape index (κ2) is 5.89. The van der Waals surface area contributed by atoms with Gasteiger partial charge in [0.2, 0.25) is 0 Å². The molecule has 0 saturated carbocycles. The van der Waals surface area contributed by atoms with E-state index >= 15 is 0 Å². The van der Waals surface area contributed by atoms with Crippen LogP contribution in [0.5, 0.6) is 0 Å². The van der Waals surface area contributed by atoms with Gasteiger partial charge in [0.05, 0.1) is 0 Å². The van der Waals surface area contributed by atoms with Gasteiger partial charge in [-0.15, -0.1) is 0 Å². The van der Waals surface area contributed by atoms with E-state index in [4.69, 9.17) is 5.11 Å². The largest absolute Gasteiger partial charge is 0.386 e. The van der Waals surface area contributed by atoms with E-state index in [0.717, 1.165) is 16.3 Å². The third-order valence-electron chi connectivity index (χ3n) is 2.79. The molecule has 0 amide bonds. The fourth-order valence-electron chi connectivity index (χ4n) is 1.80. The van der Waals surface area contributed by atoms with Crippen molar-refractivity contribution >= 4 is 10.8 Å². The highest BCUT2D eigenvalue weighted by molar-refractivity contribution is 5.82. The zero-order valence-corrected chi connectivity index (χ0v) is 9.81. The molecule has 0 aliphatic rings. The fourth-order valence-corrected chi connectivity index (χ4v) is 1.80. The van der Waals surface area contributed by atoms with Crippen LogP contribution in [0, 0.1) is 0 Å². The van der Waals surface area contributed by atoms with Gasteiger partial charge in [-0.25, -0.2) is 8.78 Å². The van der Waals surface area contributed by atoms with Crippen molar-refractivity contribution in [3.05, 3.63) is 48.0 Å². The molecule has 4 heteroatoms. The van der Waals surface area contributed by atoms with Crippen molar-refractivity contribution in [3.8, 4) is 0 Å².